The Morgan fingerprint density at radius 1 is 1.32 bits per heavy atom. The molecule has 1 aliphatic heterocycles. The number of benzene rings is 1. The first-order chi connectivity index (χ1) is 12.0. The number of hydrogen-bond donors (Lipinski definition) is 0. The SMILES string of the molecule is Cc1cc(OCCCC(=O)OCC(=O)N2CCCCC2C)ccc1Cl. The third-order valence-electron chi connectivity index (χ3n) is 4.40. The van der Waals surface area contributed by atoms with Crippen molar-refractivity contribution in [2.75, 3.05) is 19.8 Å². The van der Waals surface area contributed by atoms with Crippen molar-refractivity contribution in [1.82, 2.24) is 4.90 Å². The van der Waals surface area contributed by atoms with Gasteiger partial charge in [0.1, 0.15) is 5.75 Å². The highest BCUT2D eigenvalue weighted by Crippen LogP contribution is 2.21. The van der Waals surface area contributed by atoms with Crippen molar-refractivity contribution in [2.24, 2.45) is 0 Å². The van der Waals surface area contributed by atoms with Gasteiger partial charge in [0, 0.05) is 24.0 Å². The topological polar surface area (TPSA) is 55.8 Å². The standard InChI is InChI=1S/C19H26ClNO4/c1-14-12-16(8-9-17(14)20)24-11-5-7-19(23)25-13-18(22)21-10-4-3-6-15(21)2/h8-9,12,15H,3-7,10-11,13H2,1-2H3. The molecular weight excluding hydrogens is 342 g/mol. The number of halogens is 1. The molecule has 0 N–H and O–H groups in total. The number of esters is 1. The van der Waals surface area contributed by atoms with Gasteiger partial charge in [-0.3, -0.25) is 9.59 Å². The Morgan fingerprint density at radius 3 is 2.84 bits per heavy atom. The van der Waals surface area contributed by atoms with Crippen LogP contribution in [0, 0.1) is 6.92 Å². The lowest BCUT2D eigenvalue weighted by atomic mass is 10.0. The zero-order valence-electron chi connectivity index (χ0n) is 14.9. The van der Waals surface area contributed by atoms with Crippen LogP contribution in [0.3, 0.4) is 0 Å². The van der Waals surface area contributed by atoms with Crippen LogP contribution in [0.1, 0.15) is 44.6 Å². The second-order valence-corrected chi connectivity index (χ2v) is 6.86. The maximum atomic E-state index is 12.1. The molecule has 1 aromatic carbocycles. The molecular formula is C19H26ClNO4. The molecule has 0 bridgehead atoms. The molecule has 2 rings (SSSR count). The molecule has 0 radical (unpaired) electrons. The number of nitrogens with zero attached hydrogens (tertiary/aromatic N) is 1. The van der Waals surface area contributed by atoms with Crippen LogP contribution in [0.15, 0.2) is 18.2 Å². The van der Waals surface area contributed by atoms with E-state index in [1.54, 1.807) is 12.1 Å². The molecule has 0 aromatic heterocycles. The van der Waals surface area contributed by atoms with E-state index in [1.165, 1.54) is 0 Å². The van der Waals surface area contributed by atoms with Gasteiger partial charge in [-0.25, -0.2) is 0 Å². The van der Waals surface area contributed by atoms with E-state index in [-0.39, 0.29) is 30.9 Å². The highest BCUT2D eigenvalue weighted by Gasteiger charge is 2.23. The van der Waals surface area contributed by atoms with Crippen molar-refractivity contribution in [3.05, 3.63) is 28.8 Å². The maximum Gasteiger partial charge on any atom is 0.306 e. The third-order valence-corrected chi connectivity index (χ3v) is 4.83. The van der Waals surface area contributed by atoms with Crippen LogP contribution < -0.4 is 4.74 Å². The van der Waals surface area contributed by atoms with E-state index in [2.05, 4.69) is 0 Å². The fourth-order valence-corrected chi connectivity index (χ4v) is 3.00. The van der Waals surface area contributed by atoms with Crippen LogP contribution in [-0.2, 0) is 14.3 Å². The van der Waals surface area contributed by atoms with Crippen LogP contribution in [0.5, 0.6) is 5.75 Å². The molecule has 5 nitrogen and oxygen atoms in total. The summed E-state index contributed by atoms with van der Waals surface area (Å²) in [4.78, 5) is 25.7. The van der Waals surface area contributed by atoms with E-state index in [0.29, 0.717) is 18.1 Å². The normalized spacial score (nSPS) is 17.2. The first-order valence-corrected chi connectivity index (χ1v) is 9.19. The second-order valence-electron chi connectivity index (χ2n) is 6.46. The Kier molecular flexibility index (Phi) is 7.56. The van der Waals surface area contributed by atoms with Gasteiger partial charge in [-0.05, 0) is 63.3 Å². The number of amides is 1. The van der Waals surface area contributed by atoms with Crippen molar-refractivity contribution in [3.63, 3.8) is 0 Å². The van der Waals surface area contributed by atoms with Gasteiger partial charge in [0.15, 0.2) is 6.61 Å². The highest BCUT2D eigenvalue weighted by atomic mass is 35.5. The second kappa shape index (κ2) is 9.66. The van der Waals surface area contributed by atoms with Gasteiger partial charge < -0.3 is 14.4 Å². The molecule has 1 amide bonds. The average molecular weight is 368 g/mol. The van der Waals surface area contributed by atoms with E-state index >= 15 is 0 Å². The summed E-state index contributed by atoms with van der Waals surface area (Å²) in [6, 6.07) is 5.68. The van der Waals surface area contributed by atoms with Crippen LogP contribution in [-0.4, -0.2) is 42.6 Å². The first-order valence-electron chi connectivity index (χ1n) is 8.81. The molecule has 138 valence electrons. The van der Waals surface area contributed by atoms with Crippen LogP contribution in [0.2, 0.25) is 5.02 Å². The van der Waals surface area contributed by atoms with Crippen molar-refractivity contribution in [3.8, 4) is 5.75 Å². The number of piperidine rings is 1. The van der Waals surface area contributed by atoms with Gasteiger partial charge in [0.05, 0.1) is 6.61 Å². The average Bonchev–Trinajstić information content (AvgIpc) is 2.60. The molecule has 25 heavy (non-hydrogen) atoms. The molecule has 0 saturated carbocycles. The molecule has 6 heteroatoms. The van der Waals surface area contributed by atoms with Crippen molar-refractivity contribution >= 4 is 23.5 Å². The van der Waals surface area contributed by atoms with Crippen molar-refractivity contribution in [1.29, 1.82) is 0 Å². The predicted octanol–water partition coefficient (Wildman–Crippen LogP) is 3.75. The Hall–Kier alpha value is -1.75. The Morgan fingerprint density at radius 2 is 2.12 bits per heavy atom. The van der Waals surface area contributed by atoms with Crippen molar-refractivity contribution < 1.29 is 19.1 Å². The summed E-state index contributed by atoms with van der Waals surface area (Å²) in [5, 5.41) is 0.698. The number of carbonyl (C=O) groups excluding carboxylic acids is 2. The zero-order chi connectivity index (χ0) is 18.2. The van der Waals surface area contributed by atoms with E-state index in [0.717, 1.165) is 37.1 Å². The molecule has 0 spiro atoms. The van der Waals surface area contributed by atoms with Crippen molar-refractivity contribution in [2.45, 2.75) is 52.0 Å². The number of hydrogen-bond acceptors (Lipinski definition) is 4. The summed E-state index contributed by atoms with van der Waals surface area (Å²) >= 11 is 5.96. The molecule has 1 heterocycles. The van der Waals surface area contributed by atoms with E-state index in [4.69, 9.17) is 21.1 Å². The fraction of sp³-hybridized carbons (Fsp3) is 0.579. The Labute approximate surface area is 154 Å². The molecule has 1 fully saturated rings. The minimum atomic E-state index is -0.367. The zero-order valence-corrected chi connectivity index (χ0v) is 15.7. The van der Waals surface area contributed by atoms with Gasteiger partial charge in [-0.2, -0.15) is 0 Å². The summed E-state index contributed by atoms with van der Waals surface area (Å²) in [5.74, 6) is 0.256. The van der Waals surface area contributed by atoms with E-state index in [9.17, 15) is 9.59 Å². The third kappa shape index (κ3) is 6.24. The molecule has 1 unspecified atom stereocenters. The van der Waals surface area contributed by atoms with Gasteiger partial charge in [-0.1, -0.05) is 11.6 Å². The van der Waals surface area contributed by atoms with Gasteiger partial charge >= 0.3 is 5.97 Å². The van der Waals surface area contributed by atoms with Gasteiger partial charge in [0.2, 0.25) is 0 Å². The maximum absolute atomic E-state index is 12.1. The summed E-state index contributed by atoms with van der Waals surface area (Å²) in [6.07, 6.45) is 3.95. The van der Waals surface area contributed by atoms with Crippen LogP contribution in [0.4, 0.5) is 0 Å². The van der Waals surface area contributed by atoms with E-state index < -0.39 is 0 Å². The number of aryl methyl sites for hydroxylation is 1. The monoisotopic (exact) mass is 367 g/mol. The largest absolute Gasteiger partial charge is 0.494 e. The van der Waals surface area contributed by atoms with E-state index in [1.807, 2.05) is 24.8 Å². The lowest BCUT2D eigenvalue weighted by Crippen LogP contribution is -2.44. The fourth-order valence-electron chi connectivity index (χ4n) is 2.88. The Balaban J connectivity index is 1.62. The van der Waals surface area contributed by atoms with Crippen LogP contribution in [0.25, 0.3) is 0 Å². The summed E-state index contributed by atoms with van der Waals surface area (Å²) in [5.41, 5.74) is 0.948. The quantitative estimate of drug-likeness (QED) is 0.544. The van der Waals surface area contributed by atoms with Crippen LogP contribution >= 0.6 is 11.6 Å². The predicted molar refractivity (Wildman–Crippen MR) is 96.9 cm³/mol. The molecule has 1 aliphatic rings. The number of ether oxygens (including phenoxy) is 2. The summed E-state index contributed by atoms with van der Waals surface area (Å²) < 4.78 is 10.7. The summed E-state index contributed by atoms with van der Waals surface area (Å²) in [6.45, 7) is 4.95. The number of carbonyl (C=O) groups is 2. The summed E-state index contributed by atoms with van der Waals surface area (Å²) in [7, 11) is 0. The number of rotatable bonds is 7. The smallest absolute Gasteiger partial charge is 0.306 e. The molecule has 1 atom stereocenters. The molecule has 1 aromatic rings. The van der Waals surface area contributed by atoms with Gasteiger partial charge in [0.25, 0.3) is 5.91 Å². The highest BCUT2D eigenvalue weighted by molar-refractivity contribution is 6.31. The minimum absolute atomic E-state index is 0.103. The molecule has 1 saturated heterocycles. The van der Waals surface area contributed by atoms with Gasteiger partial charge in [-0.15, -0.1) is 0 Å². The minimum Gasteiger partial charge on any atom is -0.494 e. The first kappa shape index (κ1) is 19.6. The molecule has 0 aliphatic carbocycles. The lowest BCUT2D eigenvalue weighted by Gasteiger charge is -2.33. The number of likely N-dealkylation sites (tertiary alicyclic amines) is 1. The lowest BCUT2D eigenvalue weighted by molar-refractivity contribution is -0.153. The Bertz CT molecular complexity index is 605.